The minimum atomic E-state index is -0.285. The third-order valence-electron chi connectivity index (χ3n) is 2.83. The number of aromatic nitrogens is 1. The molecule has 0 aromatic carbocycles. The fourth-order valence-corrected chi connectivity index (χ4v) is 1.31. The van der Waals surface area contributed by atoms with Crippen molar-refractivity contribution in [2.24, 2.45) is 0 Å². The Morgan fingerprint density at radius 1 is 1.38 bits per heavy atom. The van der Waals surface area contributed by atoms with Crippen LogP contribution in [-0.2, 0) is 0 Å². The minimum Gasteiger partial charge on any atom is -0.309 e. The van der Waals surface area contributed by atoms with E-state index in [4.69, 9.17) is 0 Å². The second-order valence-corrected chi connectivity index (χ2v) is 4.38. The Bertz CT molecular complexity index is 328. The van der Waals surface area contributed by atoms with Crippen LogP contribution in [0.25, 0.3) is 0 Å². The lowest BCUT2D eigenvalue weighted by atomic mass is 10.1. The third-order valence-corrected chi connectivity index (χ3v) is 2.83. The van der Waals surface area contributed by atoms with E-state index < -0.39 is 0 Å². The van der Waals surface area contributed by atoms with Gasteiger partial charge in [0.1, 0.15) is 5.82 Å². The Balaban J connectivity index is 2.49. The monoisotopic (exact) mass is 225 g/mol. The van der Waals surface area contributed by atoms with E-state index in [1.807, 2.05) is 21.0 Å². The molecule has 2 atom stereocenters. The molecule has 0 spiro atoms. The van der Waals surface area contributed by atoms with Gasteiger partial charge in [-0.3, -0.25) is 4.98 Å². The highest BCUT2D eigenvalue weighted by Crippen LogP contribution is 2.11. The van der Waals surface area contributed by atoms with Crippen LogP contribution in [0.5, 0.6) is 0 Å². The Hall–Kier alpha value is -1.00. The maximum Gasteiger partial charge on any atom is 0.141 e. The van der Waals surface area contributed by atoms with Crippen LogP contribution in [0.1, 0.15) is 25.5 Å². The summed E-state index contributed by atoms with van der Waals surface area (Å²) in [5, 5.41) is 3.36. The van der Waals surface area contributed by atoms with Crippen molar-refractivity contribution in [2.45, 2.75) is 25.9 Å². The fraction of sp³-hybridized carbons (Fsp3) is 0.583. The highest BCUT2D eigenvalue weighted by molar-refractivity contribution is 5.14. The highest BCUT2D eigenvalue weighted by atomic mass is 19.1. The molecule has 1 N–H and O–H groups in total. The van der Waals surface area contributed by atoms with E-state index in [2.05, 4.69) is 22.1 Å². The van der Waals surface area contributed by atoms with Crippen LogP contribution in [0.3, 0.4) is 0 Å². The molecule has 3 nitrogen and oxygen atoms in total. The van der Waals surface area contributed by atoms with E-state index in [0.29, 0.717) is 6.04 Å². The lowest BCUT2D eigenvalue weighted by molar-refractivity contribution is 0.295. The van der Waals surface area contributed by atoms with Gasteiger partial charge < -0.3 is 10.2 Å². The molecule has 0 fully saturated rings. The van der Waals surface area contributed by atoms with Crippen molar-refractivity contribution in [3.8, 4) is 0 Å². The van der Waals surface area contributed by atoms with Crippen molar-refractivity contribution in [3.05, 3.63) is 29.8 Å². The molecular formula is C12H20FN3. The summed E-state index contributed by atoms with van der Waals surface area (Å²) in [5.41, 5.74) is 0.881. The van der Waals surface area contributed by atoms with Gasteiger partial charge in [0.05, 0.1) is 6.20 Å². The first-order valence-corrected chi connectivity index (χ1v) is 5.51. The van der Waals surface area contributed by atoms with Gasteiger partial charge in [-0.2, -0.15) is 0 Å². The average molecular weight is 225 g/mol. The molecule has 0 saturated carbocycles. The number of hydrogen-bond donors (Lipinski definition) is 1. The van der Waals surface area contributed by atoms with Gasteiger partial charge in [0, 0.05) is 24.8 Å². The van der Waals surface area contributed by atoms with E-state index in [9.17, 15) is 4.39 Å². The van der Waals surface area contributed by atoms with Crippen molar-refractivity contribution in [2.75, 3.05) is 20.6 Å². The van der Waals surface area contributed by atoms with Gasteiger partial charge in [-0.05, 0) is 39.6 Å². The first-order valence-electron chi connectivity index (χ1n) is 5.51. The Morgan fingerprint density at radius 3 is 2.62 bits per heavy atom. The smallest absolute Gasteiger partial charge is 0.141 e. The molecule has 16 heavy (non-hydrogen) atoms. The number of hydrogen-bond acceptors (Lipinski definition) is 3. The van der Waals surface area contributed by atoms with Crippen molar-refractivity contribution in [1.29, 1.82) is 0 Å². The first kappa shape index (κ1) is 13.1. The number of likely N-dealkylation sites (N-methyl/N-ethyl adjacent to an activating group) is 1. The first-order chi connectivity index (χ1) is 7.50. The molecule has 90 valence electrons. The maximum absolute atomic E-state index is 13.0. The van der Waals surface area contributed by atoms with Crippen molar-refractivity contribution in [1.82, 2.24) is 15.2 Å². The minimum absolute atomic E-state index is 0.116. The number of nitrogens with zero attached hydrogens (tertiary/aromatic N) is 2. The summed E-state index contributed by atoms with van der Waals surface area (Å²) in [5.74, 6) is -0.285. The van der Waals surface area contributed by atoms with Gasteiger partial charge in [0.15, 0.2) is 0 Å². The number of nitrogens with one attached hydrogen (secondary N) is 1. The second kappa shape index (κ2) is 5.92. The zero-order chi connectivity index (χ0) is 12.1. The topological polar surface area (TPSA) is 28.2 Å². The average Bonchev–Trinajstić information content (AvgIpc) is 2.25. The highest BCUT2D eigenvalue weighted by Gasteiger charge is 2.09. The molecule has 0 aliphatic heterocycles. The Morgan fingerprint density at radius 2 is 2.06 bits per heavy atom. The molecule has 1 rings (SSSR count). The lowest BCUT2D eigenvalue weighted by Crippen LogP contribution is -2.36. The van der Waals surface area contributed by atoms with E-state index >= 15 is 0 Å². The second-order valence-electron chi connectivity index (χ2n) is 4.38. The van der Waals surface area contributed by atoms with E-state index in [1.165, 1.54) is 12.3 Å². The van der Waals surface area contributed by atoms with Crippen LogP contribution >= 0.6 is 0 Å². The molecule has 1 aromatic heterocycles. The van der Waals surface area contributed by atoms with E-state index in [0.717, 1.165) is 12.1 Å². The van der Waals surface area contributed by atoms with Crippen LogP contribution in [0.15, 0.2) is 18.5 Å². The maximum atomic E-state index is 13.0. The molecule has 0 saturated heterocycles. The SMILES string of the molecule is CC(NCC(C)N(C)C)c1cncc(F)c1. The zero-order valence-electron chi connectivity index (χ0n) is 10.4. The van der Waals surface area contributed by atoms with Crippen LogP contribution in [-0.4, -0.2) is 36.6 Å². The van der Waals surface area contributed by atoms with Crippen molar-refractivity contribution < 1.29 is 4.39 Å². The predicted octanol–water partition coefficient (Wildman–Crippen LogP) is 1.82. The van der Waals surface area contributed by atoms with Gasteiger partial charge in [-0.15, -0.1) is 0 Å². The molecular weight excluding hydrogens is 205 g/mol. The molecule has 1 aromatic rings. The molecule has 1 heterocycles. The zero-order valence-corrected chi connectivity index (χ0v) is 10.4. The van der Waals surface area contributed by atoms with Gasteiger partial charge in [0.2, 0.25) is 0 Å². The Kier molecular flexibility index (Phi) is 4.83. The summed E-state index contributed by atoms with van der Waals surface area (Å²) in [6.07, 6.45) is 2.92. The lowest BCUT2D eigenvalue weighted by Gasteiger charge is -2.22. The molecule has 0 bridgehead atoms. The summed E-state index contributed by atoms with van der Waals surface area (Å²) < 4.78 is 13.0. The fourth-order valence-electron chi connectivity index (χ4n) is 1.31. The van der Waals surface area contributed by atoms with Gasteiger partial charge >= 0.3 is 0 Å². The summed E-state index contributed by atoms with van der Waals surface area (Å²) in [4.78, 5) is 5.98. The van der Waals surface area contributed by atoms with Gasteiger partial charge in [0.25, 0.3) is 0 Å². The van der Waals surface area contributed by atoms with Crippen LogP contribution in [0.2, 0.25) is 0 Å². The quantitative estimate of drug-likeness (QED) is 0.828. The number of halogens is 1. The summed E-state index contributed by atoms with van der Waals surface area (Å²) in [6, 6.07) is 2.08. The molecule has 0 aliphatic rings. The molecule has 4 heteroatoms. The van der Waals surface area contributed by atoms with Crippen LogP contribution in [0.4, 0.5) is 4.39 Å². The predicted molar refractivity (Wildman–Crippen MR) is 63.8 cm³/mol. The number of rotatable bonds is 5. The van der Waals surface area contributed by atoms with Gasteiger partial charge in [-0.25, -0.2) is 4.39 Å². The normalized spacial score (nSPS) is 15.1. The Labute approximate surface area is 96.7 Å². The van der Waals surface area contributed by atoms with Crippen molar-refractivity contribution in [3.63, 3.8) is 0 Å². The third kappa shape index (κ3) is 3.87. The van der Waals surface area contributed by atoms with E-state index in [-0.39, 0.29) is 11.9 Å². The summed E-state index contributed by atoms with van der Waals surface area (Å²) >= 11 is 0. The molecule has 2 unspecified atom stereocenters. The molecule has 0 amide bonds. The van der Waals surface area contributed by atoms with Gasteiger partial charge in [-0.1, -0.05) is 0 Å². The number of pyridine rings is 1. The van der Waals surface area contributed by atoms with E-state index in [1.54, 1.807) is 6.20 Å². The van der Waals surface area contributed by atoms with Crippen LogP contribution in [0, 0.1) is 5.82 Å². The largest absolute Gasteiger partial charge is 0.309 e. The molecule has 0 radical (unpaired) electrons. The summed E-state index contributed by atoms with van der Waals surface area (Å²) in [6.45, 7) is 5.02. The van der Waals surface area contributed by atoms with Crippen LogP contribution < -0.4 is 5.32 Å². The van der Waals surface area contributed by atoms with Crippen molar-refractivity contribution >= 4 is 0 Å². The summed E-state index contributed by atoms with van der Waals surface area (Å²) in [7, 11) is 4.08. The molecule has 0 aliphatic carbocycles. The standard InChI is InChI=1S/C12H20FN3/c1-9(16(3)4)6-15-10(2)11-5-12(13)8-14-7-11/h5,7-10,15H,6H2,1-4H3.